The van der Waals surface area contributed by atoms with Crippen LogP contribution < -0.4 is 10.0 Å². The molecule has 0 spiro atoms. The summed E-state index contributed by atoms with van der Waals surface area (Å²) in [5, 5.41) is 2.12. The first-order valence-electron chi connectivity index (χ1n) is 14.6. The number of ether oxygens (including phenoxy) is 1. The SMILES string of the molecule is O=C(c1cc(C2CC2)c(OCC2CCN(C(c3ccccc3)c3cc(Cl)cc(Cl)c3)CC2)cc1P)N1CCC(F)C1. The highest BCUT2D eigenvalue weighted by Gasteiger charge is 2.33. The van der Waals surface area contributed by atoms with Gasteiger partial charge in [-0.2, -0.15) is 0 Å². The number of piperidine rings is 1. The van der Waals surface area contributed by atoms with E-state index < -0.39 is 6.17 Å². The van der Waals surface area contributed by atoms with Crippen LogP contribution >= 0.6 is 32.4 Å². The van der Waals surface area contributed by atoms with Crippen molar-refractivity contribution in [2.24, 2.45) is 5.92 Å². The topological polar surface area (TPSA) is 32.8 Å². The molecule has 3 unspecified atom stereocenters. The minimum absolute atomic E-state index is 0.0788. The molecule has 1 amide bonds. The minimum Gasteiger partial charge on any atom is -0.493 e. The maximum absolute atomic E-state index is 13.7. The van der Waals surface area contributed by atoms with Gasteiger partial charge in [0.05, 0.1) is 19.2 Å². The predicted molar refractivity (Wildman–Crippen MR) is 168 cm³/mol. The zero-order valence-electron chi connectivity index (χ0n) is 23.1. The number of benzene rings is 3. The monoisotopic (exact) mass is 612 g/mol. The standard InChI is InChI=1S/C33H36Cl2FN2O2P/c34-25-14-24(15-26(35)16-25)32(23-4-2-1-3-5-23)37-11-8-21(9-12-37)20-40-30-18-31(41)29(17-28(30)22-6-7-22)33(39)38-13-10-27(36)19-38/h1-5,14-18,21-22,27,32H,6-13,19-20,41H2. The highest BCUT2D eigenvalue weighted by atomic mass is 35.5. The van der Waals surface area contributed by atoms with Crippen molar-refractivity contribution in [1.29, 1.82) is 0 Å². The molecule has 0 bridgehead atoms. The number of carbonyl (C=O) groups excluding carboxylic acids is 1. The summed E-state index contributed by atoms with van der Waals surface area (Å²) in [5.74, 6) is 1.69. The zero-order valence-corrected chi connectivity index (χ0v) is 25.7. The van der Waals surface area contributed by atoms with Gasteiger partial charge in [0, 0.05) is 22.2 Å². The van der Waals surface area contributed by atoms with Crippen LogP contribution in [0.3, 0.4) is 0 Å². The number of halogens is 3. The maximum atomic E-state index is 13.7. The molecule has 1 saturated carbocycles. The van der Waals surface area contributed by atoms with Gasteiger partial charge in [0.25, 0.3) is 5.91 Å². The van der Waals surface area contributed by atoms with Crippen molar-refractivity contribution in [2.45, 2.75) is 50.2 Å². The first-order valence-corrected chi connectivity index (χ1v) is 15.9. The Morgan fingerprint density at radius 3 is 2.27 bits per heavy atom. The smallest absolute Gasteiger partial charge is 0.254 e. The number of hydrogen-bond acceptors (Lipinski definition) is 3. The van der Waals surface area contributed by atoms with Crippen molar-refractivity contribution >= 4 is 43.7 Å². The van der Waals surface area contributed by atoms with E-state index in [-0.39, 0.29) is 18.5 Å². The molecule has 3 fully saturated rings. The first kappa shape index (κ1) is 28.9. The van der Waals surface area contributed by atoms with Crippen LogP contribution in [0.5, 0.6) is 5.75 Å². The van der Waals surface area contributed by atoms with E-state index in [1.165, 1.54) is 5.56 Å². The number of amides is 1. The third-order valence-electron chi connectivity index (χ3n) is 8.65. The first-order chi connectivity index (χ1) is 19.9. The lowest BCUT2D eigenvalue weighted by atomic mass is 9.91. The summed E-state index contributed by atoms with van der Waals surface area (Å²) in [5.41, 5.74) is 4.11. The second-order valence-corrected chi connectivity index (χ2v) is 13.2. The Labute approximate surface area is 254 Å². The van der Waals surface area contributed by atoms with Crippen LogP contribution in [0.4, 0.5) is 4.39 Å². The van der Waals surface area contributed by atoms with Crippen molar-refractivity contribution in [1.82, 2.24) is 9.80 Å². The van der Waals surface area contributed by atoms with Crippen molar-refractivity contribution in [3.8, 4) is 5.75 Å². The van der Waals surface area contributed by atoms with E-state index >= 15 is 0 Å². The van der Waals surface area contributed by atoms with Gasteiger partial charge in [0.1, 0.15) is 11.9 Å². The molecule has 3 aromatic rings. The van der Waals surface area contributed by atoms with Gasteiger partial charge >= 0.3 is 0 Å². The van der Waals surface area contributed by atoms with Gasteiger partial charge in [-0.15, -0.1) is 9.24 Å². The molecule has 1 aliphatic carbocycles. The van der Waals surface area contributed by atoms with E-state index in [0.29, 0.717) is 47.0 Å². The van der Waals surface area contributed by atoms with Crippen LogP contribution in [0, 0.1) is 5.92 Å². The Bertz CT molecular complexity index is 1380. The summed E-state index contributed by atoms with van der Waals surface area (Å²) in [6.45, 7) is 3.21. The Kier molecular flexibility index (Phi) is 8.89. The number of likely N-dealkylation sites (tertiary alicyclic amines) is 2. The highest BCUT2D eigenvalue weighted by molar-refractivity contribution is 7.27. The Balaban J connectivity index is 1.13. The molecule has 2 aliphatic heterocycles. The molecule has 0 N–H and O–H groups in total. The van der Waals surface area contributed by atoms with Crippen LogP contribution in [0.25, 0.3) is 0 Å². The summed E-state index contributed by atoms with van der Waals surface area (Å²) in [4.78, 5) is 17.3. The molecule has 41 heavy (non-hydrogen) atoms. The van der Waals surface area contributed by atoms with Crippen molar-refractivity contribution < 1.29 is 13.9 Å². The fourth-order valence-corrected chi connectivity index (χ4v) is 7.18. The van der Waals surface area contributed by atoms with E-state index in [9.17, 15) is 9.18 Å². The van der Waals surface area contributed by atoms with Crippen LogP contribution in [-0.4, -0.2) is 54.7 Å². The molecule has 0 aromatic heterocycles. The lowest BCUT2D eigenvalue weighted by Crippen LogP contribution is -2.38. The summed E-state index contributed by atoms with van der Waals surface area (Å²) < 4.78 is 20.2. The fraction of sp³-hybridized carbons (Fsp3) is 0.424. The molecular weight excluding hydrogens is 577 g/mol. The third-order valence-corrected chi connectivity index (χ3v) is 9.57. The summed E-state index contributed by atoms with van der Waals surface area (Å²) in [6, 6.07) is 20.5. The van der Waals surface area contributed by atoms with Crippen LogP contribution in [0.2, 0.25) is 10.0 Å². The number of nitrogens with zero attached hydrogens (tertiary/aromatic N) is 2. The molecule has 3 atom stereocenters. The summed E-state index contributed by atoms with van der Waals surface area (Å²) >= 11 is 12.8. The molecule has 8 heteroatoms. The van der Waals surface area contributed by atoms with Crippen molar-refractivity contribution in [3.63, 3.8) is 0 Å². The number of rotatable bonds is 8. The van der Waals surface area contributed by atoms with Crippen molar-refractivity contribution in [2.75, 3.05) is 32.8 Å². The second kappa shape index (κ2) is 12.6. The number of alkyl halides is 1. The Hall–Kier alpha value is -2.17. The van der Waals surface area contributed by atoms with E-state index in [1.807, 2.05) is 30.3 Å². The van der Waals surface area contributed by atoms with Gasteiger partial charge in [-0.05, 0) is 109 Å². The van der Waals surface area contributed by atoms with E-state index in [2.05, 4.69) is 38.4 Å². The molecule has 2 saturated heterocycles. The van der Waals surface area contributed by atoms with Crippen LogP contribution in [0.1, 0.15) is 71.1 Å². The average molecular weight is 614 g/mol. The quantitative estimate of drug-likeness (QED) is 0.248. The second-order valence-electron chi connectivity index (χ2n) is 11.7. The molecule has 4 nitrogen and oxygen atoms in total. The normalized spacial score (nSPS) is 20.8. The highest BCUT2D eigenvalue weighted by Crippen LogP contribution is 2.45. The molecule has 3 aromatic carbocycles. The van der Waals surface area contributed by atoms with E-state index in [1.54, 1.807) is 11.0 Å². The summed E-state index contributed by atoms with van der Waals surface area (Å²) in [7, 11) is 2.70. The third kappa shape index (κ3) is 6.75. The largest absolute Gasteiger partial charge is 0.493 e. The minimum atomic E-state index is -0.921. The van der Waals surface area contributed by atoms with Crippen LogP contribution in [-0.2, 0) is 0 Å². The van der Waals surface area contributed by atoms with Crippen molar-refractivity contribution in [3.05, 3.63) is 93.0 Å². The van der Waals surface area contributed by atoms with E-state index in [4.69, 9.17) is 27.9 Å². The van der Waals surface area contributed by atoms with Gasteiger partial charge in [-0.3, -0.25) is 9.69 Å². The Morgan fingerprint density at radius 2 is 1.63 bits per heavy atom. The van der Waals surface area contributed by atoms with Gasteiger partial charge in [-0.25, -0.2) is 4.39 Å². The Morgan fingerprint density at radius 1 is 0.927 bits per heavy atom. The van der Waals surface area contributed by atoms with Gasteiger partial charge in [-0.1, -0.05) is 53.5 Å². The molecule has 2 heterocycles. The zero-order chi connectivity index (χ0) is 28.5. The van der Waals surface area contributed by atoms with Gasteiger partial charge in [0.2, 0.25) is 0 Å². The molecule has 6 rings (SSSR count). The summed E-state index contributed by atoms with van der Waals surface area (Å²) in [6.07, 6.45) is 3.79. The van der Waals surface area contributed by atoms with Crippen LogP contribution in [0.15, 0.2) is 60.7 Å². The average Bonchev–Trinajstić information content (AvgIpc) is 3.71. The lowest BCUT2D eigenvalue weighted by molar-refractivity contribution is 0.0784. The van der Waals surface area contributed by atoms with E-state index in [0.717, 1.165) is 61.0 Å². The molecule has 0 radical (unpaired) electrons. The number of hydrogen-bond donors (Lipinski definition) is 0. The number of carbonyl (C=O) groups is 1. The predicted octanol–water partition coefficient (Wildman–Crippen LogP) is 7.44. The lowest BCUT2D eigenvalue weighted by Gasteiger charge is -2.38. The molecule has 3 aliphatic rings. The fourth-order valence-electron chi connectivity index (χ4n) is 6.28. The molecule has 216 valence electrons. The molecular formula is C33H36Cl2FN2O2P. The van der Waals surface area contributed by atoms with Gasteiger partial charge in [0.15, 0.2) is 0 Å². The van der Waals surface area contributed by atoms with Gasteiger partial charge < -0.3 is 9.64 Å². The maximum Gasteiger partial charge on any atom is 0.254 e.